The van der Waals surface area contributed by atoms with Crippen molar-refractivity contribution in [2.24, 2.45) is 0 Å². The maximum Gasteiger partial charge on any atom is 0.309 e. The normalized spacial score (nSPS) is 19.3. The van der Waals surface area contributed by atoms with Crippen molar-refractivity contribution in [3.8, 4) is 0 Å². The molecule has 6 N–H and O–H groups in total. The minimum absolute atomic E-state index is 0.0379. The third-order valence-corrected chi connectivity index (χ3v) is 12.4. The number of hydrogen-bond acceptors (Lipinski definition) is 8. The minimum atomic E-state index is -0.978. The van der Waals surface area contributed by atoms with Gasteiger partial charge in [-0.25, -0.2) is 0 Å². The largest absolute Gasteiger partial charge is 0.481 e. The van der Waals surface area contributed by atoms with Gasteiger partial charge in [0.15, 0.2) is 0 Å². The Hall–Kier alpha value is -5.57. The molecule has 3 aromatic rings. The third-order valence-electron chi connectivity index (χ3n) is 11.0. The molecule has 0 spiro atoms. The number of carbonyl (C=O) groups excluding carboxylic acids is 1. The molecule has 3 aromatic carbocycles. The van der Waals surface area contributed by atoms with Crippen molar-refractivity contribution in [1.29, 1.82) is 0 Å². The fraction of sp³-hybridized carbons (Fsp3) is 0.356. The van der Waals surface area contributed by atoms with Crippen LogP contribution in [0.25, 0.3) is 16.8 Å². The van der Waals surface area contributed by atoms with Gasteiger partial charge in [-0.2, -0.15) is 0 Å². The number of quaternary nitrogens is 1. The van der Waals surface area contributed by atoms with Gasteiger partial charge in [-0.3, -0.25) is 28.9 Å². The summed E-state index contributed by atoms with van der Waals surface area (Å²) in [6, 6.07) is 16.8. The van der Waals surface area contributed by atoms with Gasteiger partial charge in [-0.1, -0.05) is 42.8 Å². The first-order valence-corrected chi connectivity index (χ1v) is 21.2. The van der Waals surface area contributed by atoms with E-state index in [-0.39, 0.29) is 56.8 Å². The lowest BCUT2D eigenvalue weighted by atomic mass is 9.78. The summed E-state index contributed by atoms with van der Waals surface area (Å²) in [7, 11) is 0. The Balaban J connectivity index is 1.36. The molecule has 15 heteroatoms. The molecule has 0 radical (unpaired) electrons. The van der Waals surface area contributed by atoms with Crippen LogP contribution in [-0.2, 0) is 29.4 Å². The number of carboxylic acid groups (broad SMARTS) is 4. The summed E-state index contributed by atoms with van der Waals surface area (Å²) in [5, 5.41) is 43.4. The maximum absolute atomic E-state index is 13.3. The van der Waals surface area contributed by atoms with Crippen LogP contribution in [0, 0.1) is 0 Å². The second-order valence-corrected chi connectivity index (χ2v) is 16.8. The van der Waals surface area contributed by atoms with Gasteiger partial charge in [0, 0.05) is 70.9 Å². The van der Waals surface area contributed by atoms with Crippen LogP contribution in [0.4, 0.5) is 17.1 Å². The second kappa shape index (κ2) is 20.6. The van der Waals surface area contributed by atoms with Crippen LogP contribution >= 0.6 is 23.4 Å². The fourth-order valence-electron chi connectivity index (χ4n) is 7.97. The Labute approximate surface area is 358 Å². The molecule has 318 valence electrons. The number of halogens is 1. The number of fused-ring (bicyclic) bond motifs is 3. The predicted octanol–water partition coefficient (Wildman–Crippen LogP) is 6.72. The molecule has 13 nitrogen and oxygen atoms in total. The number of nitrogens with zero attached hydrogens (tertiary/aromatic N) is 2. The lowest BCUT2D eigenvalue weighted by molar-refractivity contribution is -0.849. The van der Waals surface area contributed by atoms with Crippen LogP contribution < -0.4 is 15.1 Å². The SMILES string of the molecule is CCC1CS\C(=C/C=C(Cl)/C=C/C2[NH+](CCC(=O)O)c3ccc4c(NC(=O)/C=C/c5ccc(N(CCC(=O)O)CCC(=O)O)cc5)cccc4c3C2(C)C)N1CCC(=O)O. The van der Waals surface area contributed by atoms with E-state index in [1.807, 2.05) is 54.6 Å². The standard InChI is InChI=1S/C45H51ClN4O9S/c1-4-31-28-60-39(49(31)26-22-42(56)57)19-12-30(46)11-17-37-45(2,3)44-34-6-5-7-35(33(34)15-16-36(44)50(37)27-23-43(58)59)47-38(51)18-10-29-8-13-32(14-9-29)48(24-20-40(52)53)25-21-41(54)55/h5-19,31,37H,4,20-28H2,1-3H3,(H,47,51)(H,52,53)(H,54,55)(H,56,57)(H,58,59)/p+1/b17-11+,18-10+,30-12-,39-19-. The van der Waals surface area contributed by atoms with Crippen molar-refractivity contribution < 1.29 is 49.3 Å². The van der Waals surface area contributed by atoms with E-state index < -0.39 is 29.3 Å². The summed E-state index contributed by atoms with van der Waals surface area (Å²) in [5.74, 6) is -3.16. The number of anilines is 2. The molecule has 1 amide bonds. The van der Waals surface area contributed by atoms with Crippen LogP contribution in [0.5, 0.6) is 0 Å². The topological polar surface area (TPSA) is 189 Å². The molecule has 3 unspecified atom stereocenters. The van der Waals surface area contributed by atoms with Crippen molar-refractivity contribution in [2.75, 3.05) is 42.1 Å². The van der Waals surface area contributed by atoms with E-state index in [0.717, 1.165) is 49.7 Å². The maximum atomic E-state index is 13.3. The Kier molecular flexibility index (Phi) is 15.6. The van der Waals surface area contributed by atoms with Gasteiger partial charge in [-0.15, -0.1) is 11.8 Å². The number of thioether (sulfide) groups is 1. The summed E-state index contributed by atoms with van der Waals surface area (Å²) in [6.45, 7) is 7.44. The lowest BCUT2D eigenvalue weighted by Gasteiger charge is -2.27. The number of amides is 1. The molecule has 5 rings (SSSR count). The highest BCUT2D eigenvalue weighted by Crippen LogP contribution is 2.43. The predicted molar refractivity (Wildman–Crippen MR) is 236 cm³/mol. The monoisotopic (exact) mass is 859 g/mol. The Morgan fingerprint density at radius 1 is 0.883 bits per heavy atom. The minimum Gasteiger partial charge on any atom is -0.481 e. The van der Waals surface area contributed by atoms with Gasteiger partial charge in [0.25, 0.3) is 0 Å². The molecule has 1 saturated heterocycles. The third kappa shape index (κ3) is 11.6. The van der Waals surface area contributed by atoms with E-state index in [2.05, 4.69) is 31.0 Å². The quantitative estimate of drug-likeness (QED) is 0.0521. The van der Waals surface area contributed by atoms with Crippen molar-refractivity contribution >= 4 is 87.1 Å². The van der Waals surface area contributed by atoms with Crippen molar-refractivity contribution in [2.45, 2.75) is 70.4 Å². The number of allylic oxidation sites excluding steroid dienone is 4. The molecular formula is C45H52ClN4O9S+. The van der Waals surface area contributed by atoms with E-state index in [4.69, 9.17) is 21.8 Å². The zero-order valence-corrected chi connectivity index (χ0v) is 35.5. The van der Waals surface area contributed by atoms with Crippen LogP contribution in [0.3, 0.4) is 0 Å². The molecule has 1 fully saturated rings. The van der Waals surface area contributed by atoms with Crippen molar-refractivity contribution in [1.82, 2.24) is 4.90 Å². The second-order valence-electron chi connectivity index (χ2n) is 15.3. The summed E-state index contributed by atoms with van der Waals surface area (Å²) in [5.41, 5.74) is 3.55. The first kappa shape index (κ1) is 45.5. The summed E-state index contributed by atoms with van der Waals surface area (Å²) in [6.07, 6.45) is 11.3. The highest BCUT2D eigenvalue weighted by Gasteiger charge is 2.49. The molecule has 0 aliphatic carbocycles. The zero-order valence-electron chi connectivity index (χ0n) is 33.9. The number of aliphatic carboxylic acids is 4. The van der Waals surface area contributed by atoms with Crippen LogP contribution in [-0.4, -0.2) is 99.1 Å². The van der Waals surface area contributed by atoms with Gasteiger partial charge < -0.3 is 35.5 Å². The first-order chi connectivity index (χ1) is 28.6. The molecule has 60 heavy (non-hydrogen) atoms. The Morgan fingerprint density at radius 2 is 1.55 bits per heavy atom. The average molecular weight is 860 g/mol. The van der Waals surface area contributed by atoms with Gasteiger partial charge in [0.1, 0.15) is 11.7 Å². The number of hydrogen-bond donors (Lipinski definition) is 6. The van der Waals surface area contributed by atoms with Crippen LogP contribution in [0.2, 0.25) is 0 Å². The molecule has 0 saturated carbocycles. The van der Waals surface area contributed by atoms with Gasteiger partial charge in [0.2, 0.25) is 5.91 Å². The molecule has 3 atom stereocenters. The van der Waals surface area contributed by atoms with Gasteiger partial charge >= 0.3 is 23.9 Å². The highest BCUT2D eigenvalue weighted by atomic mass is 35.5. The smallest absolute Gasteiger partial charge is 0.309 e. The van der Waals surface area contributed by atoms with E-state index in [0.29, 0.717) is 29.5 Å². The highest BCUT2D eigenvalue weighted by molar-refractivity contribution is 8.03. The number of carbonyl (C=O) groups is 5. The fourth-order valence-corrected chi connectivity index (χ4v) is 9.45. The molecule has 2 aliphatic heterocycles. The number of nitrogens with one attached hydrogen (secondary N) is 2. The molecule has 0 bridgehead atoms. The number of rotatable bonds is 20. The molecule has 2 aliphatic rings. The zero-order chi connectivity index (χ0) is 43.6. The van der Waals surface area contributed by atoms with E-state index in [1.54, 1.807) is 47.0 Å². The van der Waals surface area contributed by atoms with E-state index in [9.17, 15) is 34.2 Å². The summed E-state index contributed by atoms with van der Waals surface area (Å²) >= 11 is 8.46. The van der Waals surface area contributed by atoms with Gasteiger partial charge in [0.05, 0.1) is 42.7 Å². The molecule has 0 aromatic heterocycles. The Morgan fingerprint density at radius 3 is 2.18 bits per heavy atom. The van der Waals surface area contributed by atoms with Crippen LogP contribution in [0.1, 0.15) is 64.0 Å². The van der Waals surface area contributed by atoms with Crippen LogP contribution in [0.15, 0.2) is 95.0 Å². The van der Waals surface area contributed by atoms with E-state index >= 15 is 0 Å². The lowest BCUT2D eigenvalue weighted by Crippen LogP contribution is -3.10. The van der Waals surface area contributed by atoms with Crippen molar-refractivity contribution in [3.63, 3.8) is 0 Å². The molecule has 2 heterocycles. The molecular weight excluding hydrogens is 808 g/mol. The average Bonchev–Trinajstić information content (AvgIpc) is 3.70. The Bertz CT molecular complexity index is 2200. The summed E-state index contributed by atoms with van der Waals surface area (Å²) < 4.78 is 0. The van der Waals surface area contributed by atoms with E-state index in [1.165, 1.54) is 6.08 Å². The first-order valence-electron chi connectivity index (χ1n) is 19.9. The summed E-state index contributed by atoms with van der Waals surface area (Å²) in [4.78, 5) is 63.5. The number of carboxylic acids is 4. The van der Waals surface area contributed by atoms with Gasteiger partial charge in [-0.05, 0) is 85.9 Å². The van der Waals surface area contributed by atoms with Crippen molar-refractivity contribution in [3.05, 3.63) is 106 Å². The number of benzene rings is 3.